The fourth-order valence-corrected chi connectivity index (χ4v) is 1.64. The Bertz CT molecular complexity index is 629. The fraction of sp³-hybridized carbons (Fsp3) is 0.143. The van der Waals surface area contributed by atoms with Crippen molar-refractivity contribution in [3.8, 4) is 11.3 Å². The third kappa shape index (κ3) is 2.97. The Morgan fingerprint density at radius 1 is 1.15 bits per heavy atom. The topological polar surface area (TPSA) is 92.2 Å². The van der Waals surface area contributed by atoms with Crippen molar-refractivity contribution >= 4 is 11.9 Å². The van der Waals surface area contributed by atoms with Crippen molar-refractivity contribution < 1.29 is 14.7 Å². The van der Waals surface area contributed by atoms with Gasteiger partial charge >= 0.3 is 5.97 Å². The number of benzene rings is 1. The van der Waals surface area contributed by atoms with Crippen LogP contribution in [0.1, 0.15) is 17.4 Å². The Hall–Kier alpha value is -2.76. The lowest BCUT2D eigenvalue weighted by molar-refractivity contribution is -0.138. The molecular formula is C14H13N3O3. The van der Waals surface area contributed by atoms with E-state index in [0.29, 0.717) is 5.69 Å². The Morgan fingerprint density at radius 2 is 1.80 bits per heavy atom. The van der Waals surface area contributed by atoms with E-state index in [4.69, 9.17) is 5.11 Å². The van der Waals surface area contributed by atoms with E-state index >= 15 is 0 Å². The van der Waals surface area contributed by atoms with Crippen LogP contribution in [0.4, 0.5) is 0 Å². The summed E-state index contributed by atoms with van der Waals surface area (Å²) < 4.78 is 0. The number of carboxylic acid groups (broad SMARTS) is 1. The summed E-state index contributed by atoms with van der Waals surface area (Å²) in [4.78, 5) is 31.0. The zero-order valence-electron chi connectivity index (χ0n) is 10.8. The molecule has 1 aromatic carbocycles. The van der Waals surface area contributed by atoms with Crippen LogP contribution in [0.3, 0.4) is 0 Å². The molecule has 0 bridgehead atoms. The number of carbonyl (C=O) groups is 2. The van der Waals surface area contributed by atoms with Crippen LogP contribution >= 0.6 is 0 Å². The average Bonchev–Trinajstić information content (AvgIpc) is 2.48. The van der Waals surface area contributed by atoms with E-state index in [1.165, 1.54) is 19.3 Å². The van der Waals surface area contributed by atoms with Gasteiger partial charge in [-0.3, -0.25) is 14.6 Å². The summed E-state index contributed by atoms with van der Waals surface area (Å²) in [5.41, 5.74) is 1.27. The Kier molecular flexibility index (Phi) is 4.05. The van der Waals surface area contributed by atoms with Crippen LogP contribution in [0, 0.1) is 0 Å². The van der Waals surface area contributed by atoms with Gasteiger partial charge in [0, 0.05) is 18.0 Å². The monoisotopic (exact) mass is 271 g/mol. The molecule has 0 unspecified atom stereocenters. The van der Waals surface area contributed by atoms with E-state index in [2.05, 4.69) is 15.3 Å². The number of nitrogens with zero attached hydrogens (tertiary/aromatic N) is 2. The molecule has 6 nitrogen and oxygen atoms in total. The highest BCUT2D eigenvalue weighted by molar-refractivity contribution is 5.99. The van der Waals surface area contributed by atoms with Gasteiger partial charge < -0.3 is 10.4 Å². The molecule has 1 amide bonds. The van der Waals surface area contributed by atoms with E-state index in [-0.39, 0.29) is 5.69 Å². The molecule has 0 aliphatic carbocycles. The maximum absolute atomic E-state index is 12.1. The van der Waals surface area contributed by atoms with Crippen LogP contribution < -0.4 is 5.32 Å². The number of aromatic nitrogens is 2. The van der Waals surface area contributed by atoms with Crippen molar-refractivity contribution in [2.24, 2.45) is 0 Å². The minimum Gasteiger partial charge on any atom is -0.480 e. The first-order chi connectivity index (χ1) is 9.59. The molecule has 102 valence electrons. The molecule has 0 saturated carbocycles. The minimum atomic E-state index is -1.11. The van der Waals surface area contributed by atoms with Crippen LogP contribution in [-0.4, -0.2) is 33.0 Å². The van der Waals surface area contributed by atoms with Gasteiger partial charge in [-0.2, -0.15) is 0 Å². The van der Waals surface area contributed by atoms with Crippen molar-refractivity contribution in [2.75, 3.05) is 0 Å². The van der Waals surface area contributed by atoms with E-state index in [9.17, 15) is 9.59 Å². The molecule has 2 rings (SSSR count). The number of hydrogen-bond donors (Lipinski definition) is 2. The molecule has 1 aromatic heterocycles. The second-order valence-electron chi connectivity index (χ2n) is 4.15. The molecule has 0 spiro atoms. The normalized spacial score (nSPS) is 11.7. The Balaban J connectivity index is 2.33. The van der Waals surface area contributed by atoms with Gasteiger partial charge in [-0.05, 0) is 6.92 Å². The van der Waals surface area contributed by atoms with Gasteiger partial charge in [-0.1, -0.05) is 30.3 Å². The fourth-order valence-electron chi connectivity index (χ4n) is 1.64. The Morgan fingerprint density at radius 3 is 2.45 bits per heavy atom. The summed E-state index contributed by atoms with van der Waals surface area (Å²) in [5.74, 6) is -1.67. The highest BCUT2D eigenvalue weighted by Crippen LogP contribution is 2.18. The van der Waals surface area contributed by atoms with E-state index in [0.717, 1.165) is 5.56 Å². The van der Waals surface area contributed by atoms with E-state index in [1.54, 1.807) is 12.1 Å². The number of carboxylic acids is 1. The number of carbonyl (C=O) groups excluding carboxylic acids is 1. The van der Waals surface area contributed by atoms with Crippen molar-refractivity contribution in [2.45, 2.75) is 13.0 Å². The van der Waals surface area contributed by atoms with Crippen LogP contribution in [-0.2, 0) is 4.79 Å². The highest BCUT2D eigenvalue weighted by atomic mass is 16.4. The van der Waals surface area contributed by atoms with Crippen molar-refractivity contribution in [1.82, 2.24) is 15.3 Å². The number of rotatable bonds is 4. The summed E-state index contributed by atoms with van der Waals surface area (Å²) in [6.07, 6.45) is 2.88. The largest absolute Gasteiger partial charge is 0.480 e. The SMILES string of the molecule is C[C@H](NC(=O)c1nccnc1-c1ccccc1)C(=O)O. The number of aliphatic carboxylic acids is 1. The van der Waals surface area contributed by atoms with Crippen LogP contribution in [0.2, 0.25) is 0 Å². The molecule has 0 fully saturated rings. The average molecular weight is 271 g/mol. The molecule has 20 heavy (non-hydrogen) atoms. The van der Waals surface area contributed by atoms with Gasteiger partial charge in [0.1, 0.15) is 11.7 Å². The van der Waals surface area contributed by atoms with Crippen molar-refractivity contribution in [3.05, 3.63) is 48.4 Å². The van der Waals surface area contributed by atoms with Gasteiger partial charge in [-0.15, -0.1) is 0 Å². The smallest absolute Gasteiger partial charge is 0.325 e. The van der Waals surface area contributed by atoms with Crippen molar-refractivity contribution in [3.63, 3.8) is 0 Å². The first-order valence-corrected chi connectivity index (χ1v) is 5.99. The second-order valence-corrected chi connectivity index (χ2v) is 4.15. The summed E-state index contributed by atoms with van der Waals surface area (Å²) >= 11 is 0. The lowest BCUT2D eigenvalue weighted by Gasteiger charge is -2.11. The first kappa shape index (κ1) is 13.7. The second kappa shape index (κ2) is 5.92. The van der Waals surface area contributed by atoms with Crippen LogP contribution in [0.5, 0.6) is 0 Å². The van der Waals surface area contributed by atoms with Gasteiger partial charge in [0.15, 0.2) is 5.69 Å². The van der Waals surface area contributed by atoms with Gasteiger partial charge in [0.2, 0.25) is 0 Å². The predicted octanol–water partition coefficient (Wildman–Crippen LogP) is 1.35. The maximum atomic E-state index is 12.1. The number of amides is 1. The summed E-state index contributed by atoms with van der Waals surface area (Å²) in [7, 11) is 0. The summed E-state index contributed by atoms with van der Waals surface area (Å²) in [6.45, 7) is 1.39. The molecule has 6 heteroatoms. The number of hydrogen-bond acceptors (Lipinski definition) is 4. The van der Waals surface area contributed by atoms with Crippen LogP contribution in [0.25, 0.3) is 11.3 Å². The Labute approximate surface area is 115 Å². The van der Waals surface area contributed by atoms with Crippen molar-refractivity contribution in [1.29, 1.82) is 0 Å². The first-order valence-electron chi connectivity index (χ1n) is 5.99. The third-order valence-electron chi connectivity index (χ3n) is 2.68. The standard InChI is InChI=1S/C14H13N3O3/c1-9(14(19)20)17-13(18)12-11(15-7-8-16-12)10-5-3-2-4-6-10/h2-9H,1H3,(H,17,18)(H,19,20)/t9-/m0/s1. The third-order valence-corrected chi connectivity index (χ3v) is 2.68. The maximum Gasteiger partial charge on any atom is 0.325 e. The molecule has 2 N–H and O–H groups in total. The lowest BCUT2D eigenvalue weighted by Crippen LogP contribution is -2.39. The molecule has 1 heterocycles. The van der Waals surface area contributed by atoms with Crippen LogP contribution in [0.15, 0.2) is 42.7 Å². The zero-order valence-corrected chi connectivity index (χ0v) is 10.8. The molecule has 0 radical (unpaired) electrons. The lowest BCUT2D eigenvalue weighted by atomic mass is 10.1. The minimum absolute atomic E-state index is 0.104. The molecule has 0 saturated heterocycles. The molecule has 1 atom stereocenters. The summed E-state index contributed by atoms with van der Waals surface area (Å²) in [6, 6.07) is 8.12. The number of nitrogens with one attached hydrogen (secondary N) is 1. The van der Waals surface area contributed by atoms with E-state index < -0.39 is 17.9 Å². The highest BCUT2D eigenvalue weighted by Gasteiger charge is 2.20. The van der Waals surface area contributed by atoms with Gasteiger partial charge in [0.05, 0.1) is 0 Å². The summed E-state index contributed by atoms with van der Waals surface area (Å²) in [5, 5.41) is 11.2. The predicted molar refractivity (Wildman–Crippen MR) is 72.0 cm³/mol. The quantitative estimate of drug-likeness (QED) is 0.875. The van der Waals surface area contributed by atoms with Gasteiger partial charge in [-0.25, -0.2) is 4.98 Å². The zero-order chi connectivity index (χ0) is 14.5. The van der Waals surface area contributed by atoms with E-state index in [1.807, 2.05) is 18.2 Å². The molecule has 0 aliphatic heterocycles. The molecule has 2 aromatic rings. The molecular weight excluding hydrogens is 258 g/mol. The molecule has 0 aliphatic rings. The van der Waals surface area contributed by atoms with Gasteiger partial charge in [0.25, 0.3) is 5.91 Å².